The molecule has 0 aliphatic rings. The molecule has 0 bridgehead atoms. The Hall–Kier alpha value is -2.29. The number of nitrogens with zero attached hydrogens (tertiary/aromatic N) is 1. The molecule has 1 aromatic heterocycles. The minimum Gasteiger partial charge on any atom is -0.483 e. The third kappa shape index (κ3) is 2.32. The van der Waals surface area contributed by atoms with Gasteiger partial charge in [-0.05, 0) is 37.6 Å². The van der Waals surface area contributed by atoms with E-state index in [1.54, 1.807) is 0 Å². The summed E-state index contributed by atoms with van der Waals surface area (Å²) in [5.74, 6) is 1.75. The van der Waals surface area contributed by atoms with E-state index in [2.05, 4.69) is 9.97 Å². The topological polar surface area (TPSA) is 37.9 Å². The zero-order valence-corrected chi connectivity index (χ0v) is 11.1. The van der Waals surface area contributed by atoms with Crippen LogP contribution in [-0.4, -0.2) is 9.97 Å². The lowest BCUT2D eigenvalue weighted by atomic mass is 10.2. The Morgan fingerprint density at radius 2 is 1.79 bits per heavy atom. The van der Waals surface area contributed by atoms with Crippen molar-refractivity contribution in [2.24, 2.45) is 0 Å². The molecule has 1 N–H and O–H groups in total. The highest BCUT2D eigenvalue weighted by Crippen LogP contribution is 2.24. The summed E-state index contributed by atoms with van der Waals surface area (Å²) in [7, 11) is 0. The largest absolute Gasteiger partial charge is 0.483 e. The molecule has 0 radical (unpaired) electrons. The predicted molar refractivity (Wildman–Crippen MR) is 76.3 cm³/mol. The number of H-pyrrole nitrogens is 1. The first-order chi connectivity index (χ1) is 9.24. The number of ether oxygens (including phenoxy) is 1. The second kappa shape index (κ2) is 4.76. The van der Waals surface area contributed by atoms with E-state index in [1.807, 2.05) is 62.4 Å². The van der Waals surface area contributed by atoms with Crippen LogP contribution < -0.4 is 4.74 Å². The molecule has 0 saturated carbocycles. The van der Waals surface area contributed by atoms with Crippen molar-refractivity contribution < 1.29 is 4.74 Å². The van der Waals surface area contributed by atoms with Crippen LogP contribution in [0.5, 0.6) is 5.75 Å². The van der Waals surface area contributed by atoms with Gasteiger partial charge in [-0.15, -0.1) is 0 Å². The Kier molecular flexibility index (Phi) is 2.95. The minimum atomic E-state index is -0.103. The minimum absolute atomic E-state index is 0.103. The van der Waals surface area contributed by atoms with E-state index in [1.165, 1.54) is 0 Å². The molecule has 3 nitrogen and oxygen atoms in total. The molecule has 96 valence electrons. The maximum Gasteiger partial charge on any atom is 0.153 e. The number of hydrogen-bond donors (Lipinski definition) is 1. The zero-order valence-electron chi connectivity index (χ0n) is 11.1. The first-order valence-electron chi connectivity index (χ1n) is 6.41. The predicted octanol–water partition coefficient (Wildman–Crippen LogP) is 4.01. The van der Waals surface area contributed by atoms with Gasteiger partial charge in [0.15, 0.2) is 6.10 Å². The normalized spacial score (nSPS) is 12.5. The first-order valence-corrected chi connectivity index (χ1v) is 6.41. The second-order valence-corrected chi connectivity index (χ2v) is 4.66. The van der Waals surface area contributed by atoms with E-state index >= 15 is 0 Å². The van der Waals surface area contributed by atoms with Crippen molar-refractivity contribution in [3.8, 4) is 5.75 Å². The summed E-state index contributed by atoms with van der Waals surface area (Å²) < 4.78 is 5.97. The third-order valence-electron chi connectivity index (χ3n) is 3.19. The Morgan fingerprint density at radius 3 is 2.58 bits per heavy atom. The fourth-order valence-electron chi connectivity index (χ4n) is 2.10. The van der Waals surface area contributed by atoms with Crippen LogP contribution in [0.4, 0.5) is 0 Å². The van der Waals surface area contributed by atoms with Crippen molar-refractivity contribution >= 4 is 11.0 Å². The summed E-state index contributed by atoms with van der Waals surface area (Å²) in [6.45, 7) is 4.05. The lowest BCUT2D eigenvalue weighted by Gasteiger charge is -2.14. The van der Waals surface area contributed by atoms with Gasteiger partial charge in [0.2, 0.25) is 0 Å². The fourth-order valence-corrected chi connectivity index (χ4v) is 2.10. The molecule has 3 heteroatoms. The highest BCUT2D eigenvalue weighted by molar-refractivity contribution is 5.74. The number of rotatable bonds is 3. The molecule has 19 heavy (non-hydrogen) atoms. The Balaban J connectivity index is 1.87. The van der Waals surface area contributed by atoms with Gasteiger partial charge in [0.05, 0.1) is 11.0 Å². The number of nitrogens with one attached hydrogen (secondary N) is 1. The monoisotopic (exact) mass is 252 g/mol. The summed E-state index contributed by atoms with van der Waals surface area (Å²) in [5.41, 5.74) is 3.14. The number of aryl methyl sites for hydroxylation is 1. The molecule has 3 aromatic rings. The number of imidazole rings is 1. The van der Waals surface area contributed by atoms with Crippen molar-refractivity contribution in [1.29, 1.82) is 0 Å². The summed E-state index contributed by atoms with van der Waals surface area (Å²) in [5, 5.41) is 0. The standard InChI is InChI=1S/C16H16N2O/c1-11-7-3-6-10-15(11)19-12(2)16-17-13-8-4-5-9-14(13)18-16/h3-10,12H,1-2H3,(H,17,18). The van der Waals surface area contributed by atoms with E-state index < -0.39 is 0 Å². The number of benzene rings is 2. The van der Waals surface area contributed by atoms with E-state index in [-0.39, 0.29) is 6.10 Å². The molecule has 1 unspecified atom stereocenters. The number of aromatic amines is 1. The smallest absolute Gasteiger partial charge is 0.153 e. The van der Waals surface area contributed by atoms with Crippen LogP contribution in [0.1, 0.15) is 24.4 Å². The van der Waals surface area contributed by atoms with Crippen LogP contribution in [0, 0.1) is 6.92 Å². The van der Waals surface area contributed by atoms with Crippen molar-refractivity contribution in [1.82, 2.24) is 9.97 Å². The highest BCUT2D eigenvalue weighted by Gasteiger charge is 2.13. The van der Waals surface area contributed by atoms with Crippen molar-refractivity contribution in [2.75, 3.05) is 0 Å². The van der Waals surface area contributed by atoms with Gasteiger partial charge in [0.25, 0.3) is 0 Å². The van der Waals surface area contributed by atoms with Crippen LogP contribution in [0.2, 0.25) is 0 Å². The molecular formula is C16H16N2O. The van der Waals surface area contributed by atoms with E-state index in [4.69, 9.17) is 4.74 Å². The molecule has 0 saturated heterocycles. The molecule has 2 aromatic carbocycles. The molecule has 0 aliphatic carbocycles. The molecule has 1 heterocycles. The maximum absolute atomic E-state index is 5.97. The van der Waals surface area contributed by atoms with Gasteiger partial charge < -0.3 is 9.72 Å². The van der Waals surface area contributed by atoms with Gasteiger partial charge in [-0.25, -0.2) is 4.98 Å². The van der Waals surface area contributed by atoms with Crippen LogP contribution in [-0.2, 0) is 0 Å². The highest BCUT2D eigenvalue weighted by atomic mass is 16.5. The molecule has 0 amide bonds. The molecule has 1 atom stereocenters. The Labute approximate surface area is 112 Å². The first kappa shape index (κ1) is 11.8. The van der Waals surface area contributed by atoms with E-state index in [0.29, 0.717) is 0 Å². The quantitative estimate of drug-likeness (QED) is 0.764. The fraction of sp³-hybridized carbons (Fsp3) is 0.188. The maximum atomic E-state index is 5.97. The summed E-state index contributed by atoms with van der Waals surface area (Å²) in [4.78, 5) is 7.86. The lowest BCUT2D eigenvalue weighted by Crippen LogP contribution is -2.05. The van der Waals surface area contributed by atoms with Crippen LogP contribution in [0.25, 0.3) is 11.0 Å². The number of para-hydroxylation sites is 3. The summed E-state index contributed by atoms with van der Waals surface area (Å²) >= 11 is 0. The number of hydrogen-bond acceptors (Lipinski definition) is 2. The van der Waals surface area contributed by atoms with Crippen LogP contribution in [0.3, 0.4) is 0 Å². The van der Waals surface area contributed by atoms with Crippen molar-refractivity contribution in [3.63, 3.8) is 0 Å². The number of aromatic nitrogens is 2. The van der Waals surface area contributed by atoms with Crippen molar-refractivity contribution in [3.05, 3.63) is 59.9 Å². The van der Waals surface area contributed by atoms with Crippen molar-refractivity contribution in [2.45, 2.75) is 20.0 Å². The lowest BCUT2D eigenvalue weighted by molar-refractivity contribution is 0.216. The third-order valence-corrected chi connectivity index (χ3v) is 3.19. The molecule has 3 rings (SSSR count). The van der Waals surface area contributed by atoms with Crippen LogP contribution in [0.15, 0.2) is 48.5 Å². The molecule has 0 aliphatic heterocycles. The summed E-state index contributed by atoms with van der Waals surface area (Å²) in [6, 6.07) is 16.0. The van der Waals surface area contributed by atoms with Gasteiger partial charge in [-0.2, -0.15) is 0 Å². The van der Waals surface area contributed by atoms with Gasteiger partial charge in [0.1, 0.15) is 11.6 Å². The Morgan fingerprint density at radius 1 is 1.05 bits per heavy atom. The molecular weight excluding hydrogens is 236 g/mol. The van der Waals surface area contributed by atoms with Gasteiger partial charge >= 0.3 is 0 Å². The Bertz CT molecular complexity index is 670. The number of fused-ring (bicyclic) bond motifs is 1. The van der Waals surface area contributed by atoms with Gasteiger partial charge in [-0.1, -0.05) is 30.3 Å². The van der Waals surface area contributed by atoms with Crippen LogP contribution >= 0.6 is 0 Å². The average Bonchev–Trinajstić information content (AvgIpc) is 2.85. The summed E-state index contributed by atoms with van der Waals surface area (Å²) in [6.07, 6.45) is -0.103. The van der Waals surface area contributed by atoms with E-state index in [0.717, 1.165) is 28.2 Å². The van der Waals surface area contributed by atoms with Gasteiger partial charge in [0, 0.05) is 0 Å². The molecule has 0 fully saturated rings. The van der Waals surface area contributed by atoms with Gasteiger partial charge in [-0.3, -0.25) is 0 Å². The average molecular weight is 252 g/mol. The second-order valence-electron chi connectivity index (χ2n) is 4.66. The SMILES string of the molecule is Cc1ccccc1OC(C)c1nc2ccccc2[nH]1. The molecule has 0 spiro atoms. The van der Waals surface area contributed by atoms with E-state index in [9.17, 15) is 0 Å². The zero-order chi connectivity index (χ0) is 13.2.